The predicted octanol–water partition coefficient (Wildman–Crippen LogP) is 5.29. The van der Waals surface area contributed by atoms with E-state index < -0.39 is 0 Å². The van der Waals surface area contributed by atoms with Crippen LogP contribution in [0.2, 0.25) is 0 Å². The van der Waals surface area contributed by atoms with Crippen molar-refractivity contribution in [3.05, 3.63) is 57.9 Å². The normalized spacial score (nSPS) is 10.8. The van der Waals surface area contributed by atoms with Crippen LogP contribution in [0.4, 0.5) is 4.39 Å². The predicted molar refractivity (Wildman–Crippen MR) is 80.2 cm³/mol. The molecular weight excluding hydrogens is 235 g/mol. The molecule has 0 fully saturated rings. The SMILES string of the molecule is CCc1c(-c2ccc(C)c(F)c2C)ccc(C)c1C. The largest absolute Gasteiger partial charge is 0.206 e. The second-order valence-corrected chi connectivity index (χ2v) is 5.26. The van der Waals surface area contributed by atoms with Crippen LogP contribution in [-0.4, -0.2) is 0 Å². The van der Waals surface area contributed by atoms with Gasteiger partial charge in [0, 0.05) is 0 Å². The van der Waals surface area contributed by atoms with Crippen molar-refractivity contribution >= 4 is 0 Å². The first-order valence-corrected chi connectivity index (χ1v) is 6.82. The monoisotopic (exact) mass is 256 g/mol. The molecule has 0 bridgehead atoms. The van der Waals surface area contributed by atoms with Crippen LogP contribution >= 0.6 is 0 Å². The maximum Gasteiger partial charge on any atom is 0.129 e. The summed E-state index contributed by atoms with van der Waals surface area (Å²) in [6.07, 6.45) is 0.970. The molecule has 0 N–H and O–H groups in total. The number of benzene rings is 2. The molecule has 0 aliphatic carbocycles. The summed E-state index contributed by atoms with van der Waals surface area (Å²) in [6.45, 7) is 10.1. The van der Waals surface area contributed by atoms with Gasteiger partial charge in [0.25, 0.3) is 0 Å². The van der Waals surface area contributed by atoms with Gasteiger partial charge >= 0.3 is 0 Å². The molecule has 0 aliphatic heterocycles. The molecule has 1 heteroatoms. The third-order valence-corrected chi connectivity index (χ3v) is 4.09. The van der Waals surface area contributed by atoms with Crippen LogP contribution in [0.25, 0.3) is 11.1 Å². The lowest BCUT2D eigenvalue weighted by Gasteiger charge is -2.16. The van der Waals surface area contributed by atoms with E-state index in [9.17, 15) is 4.39 Å². The first kappa shape index (κ1) is 13.8. The van der Waals surface area contributed by atoms with Gasteiger partial charge in [-0.25, -0.2) is 4.39 Å². The molecule has 0 unspecified atom stereocenters. The van der Waals surface area contributed by atoms with Crippen molar-refractivity contribution in [1.29, 1.82) is 0 Å². The molecule has 0 nitrogen and oxygen atoms in total. The lowest BCUT2D eigenvalue weighted by atomic mass is 9.89. The van der Waals surface area contributed by atoms with Crippen LogP contribution in [0.5, 0.6) is 0 Å². The first-order chi connectivity index (χ1) is 8.97. The van der Waals surface area contributed by atoms with E-state index in [2.05, 4.69) is 32.9 Å². The standard InChI is InChI=1S/C18H21F/c1-6-15-13(4)11(2)7-10-17(15)16-9-8-12(3)18(19)14(16)5/h7-10H,6H2,1-5H3. The van der Waals surface area contributed by atoms with Crippen LogP contribution in [0.1, 0.15) is 34.7 Å². The van der Waals surface area contributed by atoms with Crippen molar-refractivity contribution in [3.63, 3.8) is 0 Å². The number of hydrogen-bond acceptors (Lipinski definition) is 0. The van der Waals surface area contributed by atoms with Gasteiger partial charge in [0.1, 0.15) is 5.82 Å². The van der Waals surface area contributed by atoms with Gasteiger partial charge in [-0.3, -0.25) is 0 Å². The molecule has 0 saturated heterocycles. The summed E-state index contributed by atoms with van der Waals surface area (Å²) < 4.78 is 14.1. The number of rotatable bonds is 2. The highest BCUT2D eigenvalue weighted by atomic mass is 19.1. The average molecular weight is 256 g/mol. The van der Waals surface area contributed by atoms with Gasteiger partial charge in [0.05, 0.1) is 0 Å². The molecule has 0 heterocycles. The zero-order valence-electron chi connectivity index (χ0n) is 12.4. The molecule has 19 heavy (non-hydrogen) atoms. The minimum Gasteiger partial charge on any atom is -0.206 e. The van der Waals surface area contributed by atoms with Gasteiger partial charge in [-0.2, -0.15) is 0 Å². The third kappa shape index (κ3) is 2.30. The second-order valence-electron chi connectivity index (χ2n) is 5.26. The van der Waals surface area contributed by atoms with E-state index in [0.29, 0.717) is 5.56 Å². The molecule has 0 atom stereocenters. The van der Waals surface area contributed by atoms with E-state index in [4.69, 9.17) is 0 Å². The molecule has 0 saturated carbocycles. The van der Waals surface area contributed by atoms with Crippen LogP contribution in [0.3, 0.4) is 0 Å². The van der Waals surface area contributed by atoms with Gasteiger partial charge in [-0.05, 0) is 73.1 Å². The third-order valence-electron chi connectivity index (χ3n) is 4.09. The Morgan fingerprint density at radius 2 is 1.37 bits per heavy atom. The second kappa shape index (κ2) is 5.16. The summed E-state index contributed by atoms with van der Waals surface area (Å²) in [7, 11) is 0. The fraction of sp³-hybridized carbons (Fsp3) is 0.333. The van der Waals surface area contributed by atoms with Crippen LogP contribution in [-0.2, 0) is 6.42 Å². The summed E-state index contributed by atoms with van der Waals surface area (Å²) in [6, 6.07) is 8.16. The summed E-state index contributed by atoms with van der Waals surface area (Å²) in [5.41, 5.74) is 7.59. The van der Waals surface area contributed by atoms with E-state index in [-0.39, 0.29) is 5.82 Å². The zero-order chi connectivity index (χ0) is 14.2. The molecule has 0 aromatic heterocycles. The quantitative estimate of drug-likeness (QED) is 0.685. The Balaban J connectivity index is 2.73. The molecule has 0 spiro atoms. The smallest absolute Gasteiger partial charge is 0.129 e. The molecule has 0 radical (unpaired) electrons. The summed E-state index contributed by atoms with van der Waals surface area (Å²) in [4.78, 5) is 0. The van der Waals surface area contributed by atoms with Gasteiger partial charge in [0.15, 0.2) is 0 Å². The lowest BCUT2D eigenvalue weighted by molar-refractivity contribution is 0.610. The number of hydrogen-bond donors (Lipinski definition) is 0. The average Bonchev–Trinajstić information content (AvgIpc) is 2.40. The number of halogens is 1. The molecule has 0 amide bonds. The topological polar surface area (TPSA) is 0 Å². The maximum atomic E-state index is 14.1. The van der Waals surface area contributed by atoms with E-state index in [1.165, 1.54) is 22.3 Å². The van der Waals surface area contributed by atoms with Crippen molar-refractivity contribution in [3.8, 4) is 11.1 Å². The Bertz CT molecular complexity index is 624. The highest BCUT2D eigenvalue weighted by Gasteiger charge is 2.13. The Morgan fingerprint density at radius 1 is 0.789 bits per heavy atom. The van der Waals surface area contributed by atoms with Crippen molar-refractivity contribution in [2.75, 3.05) is 0 Å². The van der Waals surface area contributed by atoms with Crippen molar-refractivity contribution in [2.45, 2.75) is 41.0 Å². The van der Waals surface area contributed by atoms with Gasteiger partial charge in [-0.1, -0.05) is 31.2 Å². The van der Waals surface area contributed by atoms with E-state index >= 15 is 0 Å². The van der Waals surface area contributed by atoms with Crippen LogP contribution in [0, 0.1) is 33.5 Å². The van der Waals surface area contributed by atoms with Crippen LogP contribution in [0.15, 0.2) is 24.3 Å². The van der Waals surface area contributed by atoms with E-state index in [1.807, 2.05) is 26.0 Å². The van der Waals surface area contributed by atoms with Crippen molar-refractivity contribution in [2.24, 2.45) is 0 Å². The Kier molecular flexibility index (Phi) is 3.75. The van der Waals surface area contributed by atoms with E-state index in [0.717, 1.165) is 17.5 Å². The van der Waals surface area contributed by atoms with Gasteiger partial charge in [-0.15, -0.1) is 0 Å². The van der Waals surface area contributed by atoms with E-state index in [1.54, 1.807) is 0 Å². The molecule has 2 rings (SSSR count). The first-order valence-electron chi connectivity index (χ1n) is 6.82. The molecule has 2 aromatic carbocycles. The van der Waals surface area contributed by atoms with Crippen molar-refractivity contribution in [1.82, 2.24) is 0 Å². The fourth-order valence-electron chi connectivity index (χ4n) is 2.69. The highest BCUT2D eigenvalue weighted by Crippen LogP contribution is 2.32. The minimum absolute atomic E-state index is 0.0854. The van der Waals surface area contributed by atoms with Crippen LogP contribution < -0.4 is 0 Å². The maximum absolute atomic E-state index is 14.1. The van der Waals surface area contributed by atoms with Gasteiger partial charge < -0.3 is 0 Å². The molecule has 0 aliphatic rings. The zero-order valence-corrected chi connectivity index (χ0v) is 12.4. The lowest BCUT2D eigenvalue weighted by Crippen LogP contribution is -1.98. The molecule has 2 aromatic rings. The Morgan fingerprint density at radius 3 is 2.00 bits per heavy atom. The minimum atomic E-state index is -0.0854. The Hall–Kier alpha value is -1.63. The number of aryl methyl sites for hydroxylation is 2. The molecular formula is C18H21F. The summed E-state index contributed by atoms with van der Waals surface area (Å²) >= 11 is 0. The summed E-state index contributed by atoms with van der Waals surface area (Å²) in [5, 5.41) is 0. The van der Waals surface area contributed by atoms with Gasteiger partial charge in [0.2, 0.25) is 0 Å². The summed E-state index contributed by atoms with van der Waals surface area (Å²) in [5.74, 6) is -0.0854. The fourth-order valence-corrected chi connectivity index (χ4v) is 2.69. The Labute approximate surface area is 115 Å². The molecule has 100 valence electrons. The highest BCUT2D eigenvalue weighted by molar-refractivity contribution is 5.73. The van der Waals surface area contributed by atoms with Crippen molar-refractivity contribution < 1.29 is 4.39 Å².